The molecule has 2 saturated carbocycles. The molecule has 0 spiro atoms. The number of piperidine rings is 1. The Hall–Kier alpha value is -2.28. The zero-order valence-corrected chi connectivity index (χ0v) is 20.0. The van der Waals surface area contributed by atoms with E-state index in [2.05, 4.69) is 62.6 Å². The number of fused-ring (bicyclic) bond motifs is 1. The number of hydrazine groups is 1. The molecule has 1 aromatic carbocycles. The lowest BCUT2D eigenvalue weighted by molar-refractivity contribution is -0.124. The third-order valence-electron chi connectivity index (χ3n) is 8.52. The van der Waals surface area contributed by atoms with Crippen molar-refractivity contribution in [3.8, 4) is 0 Å². The molecule has 5 unspecified atom stereocenters. The number of amides is 1. The van der Waals surface area contributed by atoms with Gasteiger partial charge in [-0.15, -0.1) is 0 Å². The van der Waals surface area contributed by atoms with Crippen LogP contribution >= 0.6 is 0 Å². The van der Waals surface area contributed by atoms with Crippen molar-refractivity contribution in [3.05, 3.63) is 65.5 Å². The molecule has 2 aliphatic carbocycles. The van der Waals surface area contributed by atoms with Gasteiger partial charge in [0.2, 0.25) is 5.91 Å². The van der Waals surface area contributed by atoms with E-state index in [0.717, 1.165) is 32.2 Å². The lowest BCUT2D eigenvalue weighted by Crippen LogP contribution is -2.47. The minimum Gasteiger partial charge on any atom is -0.351 e. The number of nitrogens with one attached hydrogen (secondary N) is 3. The van der Waals surface area contributed by atoms with Crippen LogP contribution in [0.4, 0.5) is 0 Å². The topological polar surface area (TPSA) is 69.3 Å². The molecular weight excluding hydrogens is 422 g/mol. The van der Waals surface area contributed by atoms with E-state index in [1.807, 2.05) is 12.3 Å². The number of hydrogen-bond donors (Lipinski definition) is 3. The van der Waals surface area contributed by atoms with Gasteiger partial charge in [-0.1, -0.05) is 42.8 Å². The SMILES string of the molecule is O=C(NC1C[C@@H]1c1ccccc1)C1NNC2CCC(c3cncc(CN4CCCCC4)c3)CC21. The second kappa shape index (κ2) is 9.76. The molecule has 180 valence electrons. The Morgan fingerprint density at radius 3 is 2.71 bits per heavy atom. The number of aromatic nitrogens is 1. The lowest BCUT2D eigenvalue weighted by Gasteiger charge is -2.33. The second-order valence-corrected chi connectivity index (χ2v) is 10.9. The van der Waals surface area contributed by atoms with Crippen molar-refractivity contribution in [1.29, 1.82) is 0 Å². The maximum absolute atomic E-state index is 13.2. The van der Waals surface area contributed by atoms with Crippen molar-refractivity contribution in [2.24, 2.45) is 5.92 Å². The summed E-state index contributed by atoms with van der Waals surface area (Å²) in [5.41, 5.74) is 10.8. The molecule has 2 aromatic rings. The van der Waals surface area contributed by atoms with Gasteiger partial charge in [0.1, 0.15) is 6.04 Å². The van der Waals surface area contributed by atoms with E-state index in [-0.39, 0.29) is 18.0 Å². The van der Waals surface area contributed by atoms with Crippen LogP contribution in [0.5, 0.6) is 0 Å². The molecule has 1 amide bonds. The maximum Gasteiger partial charge on any atom is 0.239 e. The lowest BCUT2D eigenvalue weighted by atomic mass is 9.73. The minimum absolute atomic E-state index is 0.154. The smallest absolute Gasteiger partial charge is 0.239 e. The molecule has 6 nitrogen and oxygen atoms in total. The zero-order chi connectivity index (χ0) is 22.9. The second-order valence-electron chi connectivity index (χ2n) is 10.9. The first-order chi connectivity index (χ1) is 16.7. The molecule has 34 heavy (non-hydrogen) atoms. The summed E-state index contributed by atoms with van der Waals surface area (Å²) in [6, 6.07) is 13.4. The highest BCUT2D eigenvalue weighted by Gasteiger charge is 2.46. The van der Waals surface area contributed by atoms with E-state index in [4.69, 9.17) is 0 Å². The quantitative estimate of drug-likeness (QED) is 0.617. The van der Waals surface area contributed by atoms with Crippen molar-refractivity contribution in [2.45, 2.75) is 81.5 Å². The molecule has 6 rings (SSSR count). The number of carbonyl (C=O) groups excluding carboxylic acids is 1. The van der Waals surface area contributed by atoms with Crippen LogP contribution in [0.15, 0.2) is 48.8 Å². The highest BCUT2D eigenvalue weighted by molar-refractivity contribution is 5.83. The first-order valence-corrected chi connectivity index (χ1v) is 13.3. The number of likely N-dealkylation sites (tertiary alicyclic amines) is 1. The van der Waals surface area contributed by atoms with Crippen molar-refractivity contribution in [3.63, 3.8) is 0 Å². The van der Waals surface area contributed by atoms with Crippen LogP contribution in [0.3, 0.4) is 0 Å². The fourth-order valence-electron chi connectivity index (χ4n) is 6.51. The van der Waals surface area contributed by atoms with Crippen LogP contribution in [0.1, 0.15) is 73.5 Å². The van der Waals surface area contributed by atoms with E-state index in [1.165, 1.54) is 49.0 Å². The van der Waals surface area contributed by atoms with Gasteiger partial charge in [0, 0.05) is 42.9 Å². The van der Waals surface area contributed by atoms with E-state index in [0.29, 0.717) is 23.8 Å². The van der Waals surface area contributed by atoms with Crippen LogP contribution in [-0.2, 0) is 11.3 Å². The van der Waals surface area contributed by atoms with Gasteiger partial charge in [-0.3, -0.25) is 20.1 Å². The zero-order valence-electron chi connectivity index (χ0n) is 20.0. The predicted molar refractivity (Wildman–Crippen MR) is 133 cm³/mol. The van der Waals surface area contributed by atoms with Crippen LogP contribution in [0, 0.1) is 5.92 Å². The number of pyridine rings is 1. The third-order valence-corrected chi connectivity index (χ3v) is 8.52. The standard InChI is InChI=1S/C28H37N5O/c34-28(30-26-15-23(26)20-7-3-1-4-8-20)27-24-14-21(9-10-25(24)31-32-27)22-13-19(16-29-17-22)18-33-11-5-2-6-12-33/h1,3-4,7-8,13,16-17,21,23-27,31-32H,2,5-6,9-12,14-15,18H2,(H,30,34)/t21?,23-,24?,25?,26?,27?/m1/s1. The summed E-state index contributed by atoms with van der Waals surface area (Å²) in [6.45, 7) is 3.42. The molecule has 3 heterocycles. The van der Waals surface area contributed by atoms with Gasteiger partial charge in [0.05, 0.1) is 0 Å². The van der Waals surface area contributed by atoms with Gasteiger partial charge in [-0.25, -0.2) is 5.43 Å². The molecule has 6 heteroatoms. The van der Waals surface area contributed by atoms with E-state index < -0.39 is 0 Å². The van der Waals surface area contributed by atoms with Crippen LogP contribution in [-0.4, -0.2) is 47.0 Å². The highest BCUT2D eigenvalue weighted by atomic mass is 16.2. The average Bonchev–Trinajstić information content (AvgIpc) is 3.51. The Kier molecular flexibility index (Phi) is 6.37. The average molecular weight is 460 g/mol. The summed E-state index contributed by atoms with van der Waals surface area (Å²) in [4.78, 5) is 20.4. The van der Waals surface area contributed by atoms with Crippen molar-refractivity contribution in [1.82, 2.24) is 26.1 Å². The Bertz CT molecular complexity index is 991. The first kappa shape index (κ1) is 22.2. The Balaban J connectivity index is 1.08. The van der Waals surface area contributed by atoms with Crippen molar-refractivity contribution in [2.75, 3.05) is 13.1 Å². The molecule has 4 fully saturated rings. The fourth-order valence-corrected chi connectivity index (χ4v) is 6.51. The van der Waals surface area contributed by atoms with Crippen molar-refractivity contribution < 1.29 is 4.79 Å². The van der Waals surface area contributed by atoms with Crippen molar-refractivity contribution >= 4 is 5.91 Å². The number of nitrogens with zero attached hydrogens (tertiary/aromatic N) is 2. The van der Waals surface area contributed by atoms with E-state index in [1.54, 1.807) is 0 Å². The van der Waals surface area contributed by atoms with Gasteiger partial charge < -0.3 is 5.32 Å². The molecular formula is C28H37N5O. The van der Waals surface area contributed by atoms with Gasteiger partial charge in [-0.05, 0) is 74.2 Å². The van der Waals surface area contributed by atoms with E-state index >= 15 is 0 Å². The van der Waals surface area contributed by atoms with Gasteiger partial charge >= 0.3 is 0 Å². The van der Waals surface area contributed by atoms with Gasteiger partial charge in [0.15, 0.2) is 0 Å². The summed E-state index contributed by atoms with van der Waals surface area (Å²) in [6.07, 6.45) is 12.4. The summed E-state index contributed by atoms with van der Waals surface area (Å²) in [7, 11) is 0. The molecule has 1 aromatic heterocycles. The number of carbonyl (C=O) groups is 1. The molecule has 2 saturated heterocycles. The van der Waals surface area contributed by atoms with Crippen LogP contribution in [0.2, 0.25) is 0 Å². The minimum atomic E-state index is -0.158. The molecule has 0 radical (unpaired) electrons. The van der Waals surface area contributed by atoms with E-state index in [9.17, 15) is 4.79 Å². The Morgan fingerprint density at radius 1 is 1.00 bits per heavy atom. The monoisotopic (exact) mass is 459 g/mol. The number of hydrogen-bond acceptors (Lipinski definition) is 5. The summed E-state index contributed by atoms with van der Waals surface area (Å²) < 4.78 is 0. The van der Waals surface area contributed by atoms with Gasteiger partial charge in [-0.2, -0.15) is 0 Å². The Labute approximate surface area is 202 Å². The maximum atomic E-state index is 13.2. The molecule has 6 atom stereocenters. The fraction of sp³-hybridized carbons (Fsp3) is 0.571. The summed E-state index contributed by atoms with van der Waals surface area (Å²) in [5, 5.41) is 3.33. The van der Waals surface area contributed by atoms with Gasteiger partial charge in [0.25, 0.3) is 0 Å². The third kappa shape index (κ3) is 4.77. The summed E-state index contributed by atoms with van der Waals surface area (Å²) >= 11 is 0. The largest absolute Gasteiger partial charge is 0.351 e. The normalized spacial score (nSPS) is 33.3. The highest BCUT2D eigenvalue weighted by Crippen LogP contribution is 2.42. The Morgan fingerprint density at radius 2 is 1.85 bits per heavy atom. The molecule has 4 aliphatic rings. The number of rotatable bonds is 6. The predicted octanol–water partition coefficient (Wildman–Crippen LogP) is 3.47. The number of benzene rings is 1. The van der Waals surface area contributed by atoms with Crippen LogP contribution < -0.4 is 16.2 Å². The van der Waals surface area contributed by atoms with Crippen LogP contribution in [0.25, 0.3) is 0 Å². The first-order valence-electron chi connectivity index (χ1n) is 13.3. The summed E-state index contributed by atoms with van der Waals surface area (Å²) in [5.74, 6) is 1.41. The molecule has 3 N–H and O–H groups in total. The molecule has 0 bridgehead atoms. The molecule has 2 aliphatic heterocycles.